The summed E-state index contributed by atoms with van der Waals surface area (Å²) in [6.45, 7) is 10.7. The summed E-state index contributed by atoms with van der Waals surface area (Å²) in [6, 6.07) is 0. The number of carbonyl (C=O) groups is 2. The molecule has 1 rings (SSSR count). The Labute approximate surface area is 130 Å². The summed E-state index contributed by atoms with van der Waals surface area (Å²) in [7, 11) is 0. The molecule has 0 N–H and O–H groups in total. The first-order chi connectivity index (χ1) is 9.44. The molecule has 20 heavy (non-hydrogen) atoms. The smallest absolute Gasteiger partial charge is 0.213 e. The Hall–Kier alpha value is -1.00. The Morgan fingerprint density at radius 2 is 1.10 bits per heavy atom. The fourth-order valence-electron chi connectivity index (χ4n) is 2.29. The Balaban J connectivity index is 3.48. The van der Waals surface area contributed by atoms with Gasteiger partial charge in [-0.1, -0.05) is 23.2 Å². The summed E-state index contributed by atoms with van der Waals surface area (Å²) in [5.41, 5.74) is 0.0902. The molecule has 112 valence electrons. The van der Waals surface area contributed by atoms with E-state index in [0.29, 0.717) is 32.0 Å². The number of rotatable bonds is 6. The second-order valence-corrected chi connectivity index (χ2v) is 5.09. The molecule has 0 radical (unpaired) electrons. The fourth-order valence-corrected chi connectivity index (χ4v) is 2.65. The van der Waals surface area contributed by atoms with Crippen molar-refractivity contribution in [3.63, 3.8) is 0 Å². The topological polar surface area (TPSA) is 40.6 Å². The average Bonchev–Trinajstić information content (AvgIpc) is 2.64. The quantitative estimate of drug-likeness (QED) is 0.557. The lowest BCUT2D eigenvalue weighted by Crippen LogP contribution is -2.38. The number of halogens is 2. The van der Waals surface area contributed by atoms with Crippen LogP contribution in [0.15, 0.2) is 21.5 Å². The molecule has 0 aromatic carbocycles. The van der Waals surface area contributed by atoms with E-state index >= 15 is 0 Å². The largest absolute Gasteiger partial charge is 0.358 e. The van der Waals surface area contributed by atoms with Crippen molar-refractivity contribution < 1.29 is 9.59 Å². The minimum atomic E-state index is -0.476. The van der Waals surface area contributed by atoms with Gasteiger partial charge < -0.3 is 9.80 Å². The molecule has 0 aliphatic heterocycles. The van der Waals surface area contributed by atoms with Crippen LogP contribution in [-0.4, -0.2) is 47.5 Å². The molecule has 0 spiro atoms. The molecule has 0 aromatic rings. The van der Waals surface area contributed by atoms with Gasteiger partial charge in [0.1, 0.15) is 21.5 Å². The first kappa shape index (κ1) is 17.1. The minimum Gasteiger partial charge on any atom is -0.358 e. The normalized spacial score (nSPS) is 15.2. The van der Waals surface area contributed by atoms with Gasteiger partial charge in [0.05, 0.1) is 0 Å². The van der Waals surface area contributed by atoms with Crippen LogP contribution in [0.2, 0.25) is 0 Å². The lowest BCUT2D eigenvalue weighted by Gasteiger charge is -2.34. The zero-order valence-corrected chi connectivity index (χ0v) is 13.8. The van der Waals surface area contributed by atoms with Crippen LogP contribution in [0.4, 0.5) is 0 Å². The summed E-state index contributed by atoms with van der Waals surface area (Å²) in [5, 5.41) is -0.355. The van der Waals surface area contributed by atoms with Crippen molar-refractivity contribution in [2.24, 2.45) is 0 Å². The Morgan fingerprint density at radius 1 is 0.800 bits per heavy atom. The SMILES string of the molecule is CCN(CC)C(=C1C(=O)C(Cl)=C(Cl)C1=O)N(CC)CC. The van der Waals surface area contributed by atoms with Gasteiger partial charge in [-0.2, -0.15) is 0 Å². The molecule has 0 atom stereocenters. The number of allylic oxidation sites excluding steroid dienone is 3. The highest BCUT2D eigenvalue weighted by Crippen LogP contribution is 2.33. The third-order valence-electron chi connectivity index (χ3n) is 3.40. The second kappa shape index (κ2) is 7.14. The van der Waals surface area contributed by atoms with Gasteiger partial charge in [-0.05, 0) is 27.7 Å². The Kier molecular flexibility index (Phi) is 6.08. The molecule has 4 nitrogen and oxygen atoms in total. The maximum absolute atomic E-state index is 12.2. The van der Waals surface area contributed by atoms with E-state index in [0.717, 1.165) is 0 Å². The molecule has 6 heteroatoms. The van der Waals surface area contributed by atoms with E-state index in [-0.39, 0.29) is 15.6 Å². The van der Waals surface area contributed by atoms with Crippen LogP contribution in [0.3, 0.4) is 0 Å². The summed E-state index contributed by atoms with van der Waals surface area (Å²) in [6.07, 6.45) is 0. The molecule has 1 aliphatic rings. The van der Waals surface area contributed by atoms with Crippen LogP contribution in [-0.2, 0) is 9.59 Å². The number of hydrogen-bond acceptors (Lipinski definition) is 4. The number of Topliss-reactive ketones (excluding diaryl/α,β-unsaturated/α-hetero) is 2. The predicted molar refractivity (Wildman–Crippen MR) is 81.6 cm³/mol. The van der Waals surface area contributed by atoms with E-state index in [1.54, 1.807) is 0 Å². The van der Waals surface area contributed by atoms with Crippen molar-refractivity contribution in [1.82, 2.24) is 9.80 Å². The van der Waals surface area contributed by atoms with Gasteiger partial charge in [0.15, 0.2) is 0 Å². The first-order valence-corrected chi connectivity index (χ1v) is 7.58. The van der Waals surface area contributed by atoms with Gasteiger partial charge in [0.2, 0.25) is 11.6 Å². The third-order valence-corrected chi connectivity index (χ3v) is 4.21. The van der Waals surface area contributed by atoms with E-state index in [9.17, 15) is 9.59 Å². The maximum Gasteiger partial charge on any atom is 0.213 e. The summed E-state index contributed by atoms with van der Waals surface area (Å²) < 4.78 is 0. The number of nitrogens with zero attached hydrogens (tertiary/aromatic N) is 2. The fraction of sp³-hybridized carbons (Fsp3) is 0.571. The van der Waals surface area contributed by atoms with Crippen LogP contribution < -0.4 is 0 Å². The summed E-state index contributed by atoms with van der Waals surface area (Å²) >= 11 is 11.7. The molecule has 0 amide bonds. The average molecular weight is 319 g/mol. The molecule has 0 saturated carbocycles. The predicted octanol–water partition coefficient (Wildman–Crippen LogP) is 2.72. The van der Waals surface area contributed by atoms with Gasteiger partial charge in [-0.25, -0.2) is 0 Å². The van der Waals surface area contributed by atoms with Crippen LogP contribution in [0.25, 0.3) is 0 Å². The minimum absolute atomic E-state index is 0.0902. The number of ketones is 2. The van der Waals surface area contributed by atoms with E-state index in [4.69, 9.17) is 23.2 Å². The second-order valence-electron chi connectivity index (χ2n) is 4.33. The number of hydrogen-bond donors (Lipinski definition) is 0. The summed E-state index contributed by atoms with van der Waals surface area (Å²) in [5.74, 6) is -0.324. The highest BCUT2D eigenvalue weighted by atomic mass is 35.5. The highest BCUT2D eigenvalue weighted by Gasteiger charge is 2.39. The highest BCUT2D eigenvalue weighted by molar-refractivity contribution is 6.64. The van der Waals surface area contributed by atoms with Crippen LogP contribution in [0, 0.1) is 0 Å². The number of carbonyl (C=O) groups excluding carboxylic acids is 2. The molecule has 0 aromatic heterocycles. The molecule has 0 unspecified atom stereocenters. The zero-order valence-electron chi connectivity index (χ0n) is 12.3. The zero-order chi connectivity index (χ0) is 15.4. The molecule has 0 bridgehead atoms. The molecular formula is C14H20Cl2N2O2. The van der Waals surface area contributed by atoms with Gasteiger partial charge in [-0.3, -0.25) is 9.59 Å². The van der Waals surface area contributed by atoms with E-state index < -0.39 is 11.6 Å². The van der Waals surface area contributed by atoms with Crippen molar-refractivity contribution in [2.75, 3.05) is 26.2 Å². The first-order valence-electron chi connectivity index (χ1n) is 6.83. The van der Waals surface area contributed by atoms with Crippen molar-refractivity contribution in [1.29, 1.82) is 0 Å². The van der Waals surface area contributed by atoms with Crippen molar-refractivity contribution in [3.05, 3.63) is 21.5 Å². The van der Waals surface area contributed by atoms with Crippen LogP contribution in [0.1, 0.15) is 27.7 Å². The maximum atomic E-state index is 12.2. The van der Waals surface area contributed by atoms with E-state index in [1.807, 2.05) is 37.5 Å². The lowest BCUT2D eigenvalue weighted by atomic mass is 10.1. The van der Waals surface area contributed by atoms with Gasteiger partial charge in [-0.15, -0.1) is 0 Å². The van der Waals surface area contributed by atoms with Crippen LogP contribution >= 0.6 is 23.2 Å². The lowest BCUT2D eigenvalue weighted by molar-refractivity contribution is -0.116. The molecule has 0 fully saturated rings. The standard InChI is InChI=1S/C14H20Cl2N2O2/c1-5-17(6-2)14(18(7-3)8-4)9-12(19)10(15)11(16)13(9)20/h5-8H2,1-4H3. The molecule has 0 saturated heterocycles. The Bertz CT molecular complexity index is 436. The molecule has 1 aliphatic carbocycles. The molecule has 0 heterocycles. The molecular weight excluding hydrogens is 299 g/mol. The Morgan fingerprint density at radius 3 is 1.35 bits per heavy atom. The van der Waals surface area contributed by atoms with Crippen molar-refractivity contribution >= 4 is 34.8 Å². The van der Waals surface area contributed by atoms with E-state index in [1.165, 1.54) is 0 Å². The van der Waals surface area contributed by atoms with Crippen molar-refractivity contribution in [3.8, 4) is 0 Å². The van der Waals surface area contributed by atoms with Gasteiger partial charge in [0, 0.05) is 26.2 Å². The third kappa shape index (κ3) is 2.86. The summed E-state index contributed by atoms with van der Waals surface area (Å²) in [4.78, 5) is 28.4. The monoisotopic (exact) mass is 318 g/mol. The van der Waals surface area contributed by atoms with Gasteiger partial charge >= 0.3 is 0 Å². The van der Waals surface area contributed by atoms with Crippen LogP contribution in [0.5, 0.6) is 0 Å². The van der Waals surface area contributed by atoms with Gasteiger partial charge in [0.25, 0.3) is 0 Å². The van der Waals surface area contributed by atoms with Crippen molar-refractivity contribution in [2.45, 2.75) is 27.7 Å². The van der Waals surface area contributed by atoms with E-state index in [2.05, 4.69) is 0 Å².